The van der Waals surface area contributed by atoms with E-state index < -0.39 is 27.8 Å². The Labute approximate surface area is 97.9 Å². The first-order valence-electron chi connectivity index (χ1n) is 4.59. The summed E-state index contributed by atoms with van der Waals surface area (Å²) in [6.07, 6.45) is 0.900. The molecule has 1 N–H and O–H groups in total. The second kappa shape index (κ2) is 5.05. The fourth-order valence-corrected chi connectivity index (χ4v) is 3.03. The van der Waals surface area contributed by atoms with Crippen LogP contribution in [0.4, 0.5) is 0 Å². The van der Waals surface area contributed by atoms with E-state index in [0.717, 1.165) is 6.26 Å². The lowest BCUT2D eigenvalue weighted by molar-refractivity contribution is -0.147. The Bertz CT molecular complexity index is 391. The van der Waals surface area contributed by atoms with Crippen LogP contribution < -0.4 is 0 Å². The lowest BCUT2D eigenvalue weighted by Gasteiger charge is -2.20. The molecule has 6 nitrogen and oxygen atoms in total. The Hall–Kier alpha value is -0.760. The summed E-state index contributed by atoms with van der Waals surface area (Å²) in [7, 11) is -3.19. The summed E-state index contributed by atoms with van der Waals surface area (Å²) < 4.78 is 21.7. The zero-order valence-electron chi connectivity index (χ0n) is 8.75. The van der Waals surface area contributed by atoms with E-state index in [1.807, 2.05) is 0 Å². The molecular weight excluding hydrogens is 254 g/mol. The van der Waals surface area contributed by atoms with Crippen LogP contribution in [0.1, 0.15) is 6.42 Å². The molecule has 1 unspecified atom stereocenters. The van der Waals surface area contributed by atoms with Crippen LogP contribution in [-0.4, -0.2) is 60.0 Å². The van der Waals surface area contributed by atoms with Gasteiger partial charge in [-0.3, -0.25) is 4.79 Å². The maximum Gasteiger partial charge on any atom is 0.327 e. The fraction of sp³-hybridized carbons (Fsp3) is 0.750. The Morgan fingerprint density at radius 3 is 2.62 bits per heavy atom. The summed E-state index contributed by atoms with van der Waals surface area (Å²) >= 11 is 1.36. The highest BCUT2D eigenvalue weighted by Gasteiger charge is 2.34. The predicted molar refractivity (Wildman–Crippen MR) is 59.9 cm³/mol. The van der Waals surface area contributed by atoms with Gasteiger partial charge in [0.1, 0.15) is 15.9 Å². The van der Waals surface area contributed by atoms with Gasteiger partial charge in [0.25, 0.3) is 0 Å². The van der Waals surface area contributed by atoms with Crippen molar-refractivity contribution in [1.29, 1.82) is 0 Å². The number of sulfone groups is 1. The summed E-state index contributed by atoms with van der Waals surface area (Å²) in [6.45, 7) is 0. The number of carbonyl (C=O) groups excluding carboxylic acids is 1. The van der Waals surface area contributed by atoms with Crippen molar-refractivity contribution in [2.75, 3.05) is 23.6 Å². The molecule has 0 aromatic rings. The summed E-state index contributed by atoms with van der Waals surface area (Å²) in [5.41, 5.74) is 0. The predicted octanol–water partition coefficient (Wildman–Crippen LogP) is -0.593. The molecule has 1 atom stereocenters. The molecular formula is C8H13NO5S2. The molecule has 0 radical (unpaired) electrons. The highest BCUT2D eigenvalue weighted by atomic mass is 32.2. The summed E-state index contributed by atoms with van der Waals surface area (Å²) in [6, 6.07) is -0.822. The van der Waals surface area contributed by atoms with Gasteiger partial charge in [-0.05, 0) is 0 Å². The quantitative estimate of drug-likeness (QED) is 0.732. The van der Waals surface area contributed by atoms with Crippen LogP contribution in [0.5, 0.6) is 0 Å². The third kappa shape index (κ3) is 3.67. The van der Waals surface area contributed by atoms with Crippen LogP contribution >= 0.6 is 11.8 Å². The van der Waals surface area contributed by atoms with Crippen LogP contribution in [0.25, 0.3) is 0 Å². The molecule has 8 heteroatoms. The van der Waals surface area contributed by atoms with Crippen molar-refractivity contribution in [3.63, 3.8) is 0 Å². The fourth-order valence-electron chi connectivity index (χ4n) is 1.31. The molecule has 0 aromatic carbocycles. The number of hydrogen-bond donors (Lipinski definition) is 1. The first-order valence-corrected chi connectivity index (χ1v) is 7.80. The van der Waals surface area contributed by atoms with Gasteiger partial charge in [0, 0.05) is 18.4 Å². The maximum atomic E-state index is 11.6. The number of nitrogens with zero attached hydrogens (tertiary/aromatic N) is 1. The van der Waals surface area contributed by atoms with E-state index in [0.29, 0.717) is 11.6 Å². The topological polar surface area (TPSA) is 91.8 Å². The zero-order chi connectivity index (χ0) is 12.3. The van der Waals surface area contributed by atoms with Crippen LogP contribution in [0.3, 0.4) is 0 Å². The van der Waals surface area contributed by atoms with Gasteiger partial charge in [0.15, 0.2) is 0 Å². The Balaban J connectivity index is 2.57. The van der Waals surface area contributed by atoms with Gasteiger partial charge in [0.2, 0.25) is 5.91 Å². The van der Waals surface area contributed by atoms with Crippen molar-refractivity contribution in [3.8, 4) is 0 Å². The lowest BCUT2D eigenvalue weighted by Crippen LogP contribution is -2.42. The molecule has 0 aromatic heterocycles. The minimum absolute atomic E-state index is 0.150. The molecule has 1 aliphatic rings. The van der Waals surface area contributed by atoms with E-state index in [1.54, 1.807) is 0 Å². The molecule has 92 valence electrons. The van der Waals surface area contributed by atoms with E-state index in [9.17, 15) is 18.0 Å². The summed E-state index contributed by atoms with van der Waals surface area (Å²) in [4.78, 5) is 23.6. The third-order valence-electron chi connectivity index (χ3n) is 2.17. The number of amides is 1. The average molecular weight is 267 g/mol. The molecule has 1 amide bonds. The number of thioether (sulfide) groups is 1. The van der Waals surface area contributed by atoms with Crippen LogP contribution in [0.15, 0.2) is 0 Å². The normalized spacial score (nSPS) is 21.1. The SMILES string of the molecule is CS(=O)(=O)CCC(=O)N1CSCC1C(=O)O. The molecule has 0 bridgehead atoms. The standard InChI is InChI=1S/C8H13NO5S2/c1-16(13,14)3-2-7(10)9-5-15-4-6(9)8(11)12/h6H,2-5H2,1H3,(H,11,12). The van der Waals surface area contributed by atoms with Gasteiger partial charge in [-0.25, -0.2) is 13.2 Å². The minimum Gasteiger partial charge on any atom is -0.480 e. The van der Waals surface area contributed by atoms with Crippen molar-refractivity contribution < 1.29 is 23.1 Å². The smallest absolute Gasteiger partial charge is 0.327 e. The molecule has 1 fully saturated rings. The highest BCUT2D eigenvalue weighted by Crippen LogP contribution is 2.21. The molecule has 16 heavy (non-hydrogen) atoms. The number of carbonyl (C=O) groups is 2. The number of rotatable bonds is 4. The summed E-state index contributed by atoms with van der Waals surface area (Å²) in [5, 5.41) is 8.84. The van der Waals surface area contributed by atoms with Gasteiger partial charge < -0.3 is 10.0 Å². The molecule has 0 aliphatic carbocycles. The van der Waals surface area contributed by atoms with E-state index in [1.165, 1.54) is 16.7 Å². The van der Waals surface area contributed by atoms with Crippen LogP contribution in [-0.2, 0) is 19.4 Å². The molecule has 1 aliphatic heterocycles. The second-order valence-corrected chi connectivity index (χ2v) is 6.86. The van der Waals surface area contributed by atoms with Crippen molar-refractivity contribution in [1.82, 2.24) is 4.90 Å². The van der Waals surface area contributed by atoms with Crippen molar-refractivity contribution in [2.45, 2.75) is 12.5 Å². The number of aliphatic carboxylic acids is 1. The van der Waals surface area contributed by atoms with E-state index in [2.05, 4.69) is 0 Å². The zero-order valence-corrected chi connectivity index (χ0v) is 10.4. The minimum atomic E-state index is -3.19. The number of carboxylic acid groups (broad SMARTS) is 1. The van der Waals surface area contributed by atoms with Crippen LogP contribution in [0, 0.1) is 0 Å². The molecule has 0 saturated carbocycles. The average Bonchev–Trinajstić information content (AvgIpc) is 2.61. The Kier molecular flexibility index (Phi) is 4.20. The van der Waals surface area contributed by atoms with Gasteiger partial charge in [0.05, 0.1) is 11.6 Å². The van der Waals surface area contributed by atoms with Gasteiger partial charge in [-0.1, -0.05) is 0 Å². The first-order chi connectivity index (χ1) is 7.31. The summed E-state index contributed by atoms with van der Waals surface area (Å²) in [5.74, 6) is -1.01. The second-order valence-electron chi connectivity index (χ2n) is 3.60. The van der Waals surface area contributed by atoms with Gasteiger partial charge in [-0.2, -0.15) is 0 Å². The lowest BCUT2D eigenvalue weighted by atomic mass is 10.3. The Morgan fingerprint density at radius 2 is 2.12 bits per heavy atom. The molecule has 1 heterocycles. The maximum absolute atomic E-state index is 11.6. The Morgan fingerprint density at radius 1 is 1.50 bits per heavy atom. The van der Waals surface area contributed by atoms with Crippen molar-refractivity contribution >= 4 is 33.5 Å². The van der Waals surface area contributed by atoms with Gasteiger partial charge >= 0.3 is 5.97 Å². The van der Waals surface area contributed by atoms with Gasteiger partial charge in [-0.15, -0.1) is 11.8 Å². The monoisotopic (exact) mass is 267 g/mol. The van der Waals surface area contributed by atoms with Crippen molar-refractivity contribution in [3.05, 3.63) is 0 Å². The molecule has 1 saturated heterocycles. The highest BCUT2D eigenvalue weighted by molar-refractivity contribution is 7.99. The van der Waals surface area contributed by atoms with Crippen LogP contribution in [0.2, 0.25) is 0 Å². The van der Waals surface area contributed by atoms with E-state index >= 15 is 0 Å². The van der Waals surface area contributed by atoms with E-state index in [-0.39, 0.29) is 12.2 Å². The van der Waals surface area contributed by atoms with E-state index in [4.69, 9.17) is 5.11 Å². The third-order valence-corrected chi connectivity index (χ3v) is 4.13. The number of carboxylic acids is 1. The van der Waals surface area contributed by atoms with Crippen molar-refractivity contribution in [2.24, 2.45) is 0 Å². The molecule has 0 spiro atoms. The first kappa shape index (κ1) is 13.3. The molecule has 1 rings (SSSR count). The largest absolute Gasteiger partial charge is 0.480 e. The number of hydrogen-bond acceptors (Lipinski definition) is 5.